The summed E-state index contributed by atoms with van der Waals surface area (Å²) in [7, 11) is 0. The summed E-state index contributed by atoms with van der Waals surface area (Å²) in [6.45, 7) is 3.86. The van der Waals surface area contributed by atoms with Crippen molar-refractivity contribution >= 4 is 0 Å². The highest BCUT2D eigenvalue weighted by atomic mass is 16.3. The van der Waals surface area contributed by atoms with E-state index in [-0.39, 0.29) is 5.75 Å². The molecule has 2 heterocycles. The first-order chi connectivity index (χ1) is 7.16. The molecule has 0 bridgehead atoms. The van der Waals surface area contributed by atoms with Crippen molar-refractivity contribution in [1.82, 2.24) is 9.97 Å². The predicted octanol–water partition coefficient (Wildman–Crippen LogP) is 2.47. The molecule has 2 rings (SSSR count). The van der Waals surface area contributed by atoms with Gasteiger partial charge in [-0.25, -0.2) is 0 Å². The van der Waals surface area contributed by atoms with Crippen molar-refractivity contribution in [3.05, 3.63) is 41.7 Å². The smallest absolute Gasteiger partial charge is 0.136 e. The van der Waals surface area contributed by atoms with Gasteiger partial charge >= 0.3 is 0 Å². The molecular weight excluding hydrogens is 188 g/mol. The van der Waals surface area contributed by atoms with Crippen LogP contribution in [0.15, 0.2) is 30.6 Å². The molecule has 0 aliphatic carbocycles. The highest BCUT2D eigenvalue weighted by Crippen LogP contribution is 2.21. The van der Waals surface area contributed by atoms with Crippen LogP contribution in [0.25, 0.3) is 11.4 Å². The molecule has 0 amide bonds. The topological polar surface area (TPSA) is 46.0 Å². The molecule has 0 atom stereocenters. The summed E-state index contributed by atoms with van der Waals surface area (Å²) in [6.07, 6.45) is 3.21. The number of aromatic nitrogens is 2. The molecule has 0 aliphatic heterocycles. The molecular formula is C12H12N2O. The zero-order valence-electron chi connectivity index (χ0n) is 8.73. The maximum absolute atomic E-state index is 9.36. The molecule has 3 nitrogen and oxygen atoms in total. The van der Waals surface area contributed by atoms with E-state index in [1.807, 2.05) is 32.0 Å². The van der Waals surface area contributed by atoms with Crippen LogP contribution >= 0.6 is 0 Å². The SMILES string of the molecule is Cc1ccnc(-c2cc(C)c(O)cn2)c1. The van der Waals surface area contributed by atoms with Crippen LogP contribution in [0, 0.1) is 13.8 Å². The monoisotopic (exact) mass is 200 g/mol. The van der Waals surface area contributed by atoms with Crippen LogP contribution in [0.5, 0.6) is 5.75 Å². The van der Waals surface area contributed by atoms with Gasteiger partial charge in [0.1, 0.15) is 5.75 Å². The van der Waals surface area contributed by atoms with Gasteiger partial charge < -0.3 is 5.11 Å². The molecule has 15 heavy (non-hydrogen) atoms. The molecule has 76 valence electrons. The van der Waals surface area contributed by atoms with Crippen LogP contribution in [0.4, 0.5) is 0 Å². The number of aromatic hydroxyl groups is 1. The summed E-state index contributed by atoms with van der Waals surface area (Å²) in [4.78, 5) is 8.37. The maximum Gasteiger partial charge on any atom is 0.136 e. The number of pyridine rings is 2. The summed E-state index contributed by atoms with van der Waals surface area (Å²) in [6, 6.07) is 5.74. The molecule has 1 N–H and O–H groups in total. The number of hydrogen-bond acceptors (Lipinski definition) is 3. The molecule has 0 saturated carbocycles. The Morgan fingerprint density at radius 2 is 1.80 bits per heavy atom. The minimum atomic E-state index is 0.214. The molecule has 0 aliphatic rings. The zero-order valence-corrected chi connectivity index (χ0v) is 8.73. The summed E-state index contributed by atoms with van der Waals surface area (Å²) in [5.41, 5.74) is 3.57. The molecule has 0 unspecified atom stereocenters. The molecule has 0 fully saturated rings. The van der Waals surface area contributed by atoms with Crippen LogP contribution in [-0.4, -0.2) is 15.1 Å². The Morgan fingerprint density at radius 1 is 1.07 bits per heavy atom. The predicted molar refractivity (Wildman–Crippen MR) is 58.6 cm³/mol. The quantitative estimate of drug-likeness (QED) is 0.769. The van der Waals surface area contributed by atoms with Crippen molar-refractivity contribution in [2.75, 3.05) is 0 Å². The molecule has 2 aromatic heterocycles. The van der Waals surface area contributed by atoms with E-state index in [4.69, 9.17) is 0 Å². The van der Waals surface area contributed by atoms with Crippen molar-refractivity contribution in [1.29, 1.82) is 0 Å². The van der Waals surface area contributed by atoms with E-state index in [1.54, 1.807) is 6.20 Å². The molecule has 0 spiro atoms. The Balaban J connectivity index is 2.50. The number of hydrogen-bond donors (Lipinski definition) is 1. The van der Waals surface area contributed by atoms with Gasteiger partial charge in [-0.2, -0.15) is 0 Å². The van der Waals surface area contributed by atoms with Crippen molar-refractivity contribution < 1.29 is 5.11 Å². The van der Waals surface area contributed by atoms with E-state index in [9.17, 15) is 5.11 Å². The summed E-state index contributed by atoms with van der Waals surface area (Å²) < 4.78 is 0. The fourth-order valence-corrected chi connectivity index (χ4v) is 1.37. The second kappa shape index (κ2) is 3.69. The largest absolute Gasteiger partial charge is 0.506 e. The van der Waals surface area contributed by atoms with Crippen LogP contribution in [0.1, 0.15) is 11.1 Å². The molecule has 0 saturated heterocycles. The van der Waals surface area contributed by atoms with Crippen molar-refractivity contribution in [2.45, 2.75) is 13.8 Å². The average molecular weight is 200 g/mol. The van der Waals surface area contributed by atoms with E-state index >= 15 is 0 Å². The van der Waals surface area contributed by atoms with Crippen molar-refractivity contribution in [3.63, 3.8) is 0 Å². The van der Waals surface area contributed by atoms with E-state index in [1.165, 1.54) is 6.20 Å². The summed E-state index contributed by atoms with van der Waals surface area (Å²) >= 11 is 0. The Morgan fingerprint density at radius 3 is 2.47 bits per heavy atom. The lowest BCUT2D eigenvalue weighted by molar-refractivity contribution is 0.468. The zero-order chi connectivity index (χ0) is 10.8. The Kier molecular flexibility index (Phi) is 2.37. The minimum absolute atomic E-state index is 0.214. The second-order valence-electron chi connectivity index (χ2n) is 3.57. The van der Waals surface area contributed by atoms with Gasteiger partial charge in [0.2, 0.25) is 0 Å². The second-order valence-corrected chi connectivity index (χ2v) is 3.57. The molecule has 0 radical (unpaired) electrons. The first-order valence-corrected chi connectivity index (χ1v) is 4.75. The number of rotatable bonds is 1. The molecule has 0 aromatic carbocycles. The first-order valence-electron chi connectivity index (χ1n) is 4.75. The van der Waals surface area contributed by atoms with Crippen molar-refractivity contribution in [3.8, 4) is 17.1 Å². The van der Waals surface area contributed by atoms with E-state index in [0.29, 0.717) is 0 Å². The highest BCUT2D eigenvalue weighted by molar-refractivity contribution is 5.56. The fourth-order valence-electron chi connectivity index (χ4n) is 1.37. The Hall–Kier alpha value is -1.90. The maximum atomic E-state index is 9.36. The van der Waals surface area contributed by atoms with Crippen LogP contribution in [0.3, 0.4) is 0 Å². The van der Waals surface area contributed by atoms with Crippen LogP contribution in [-0.2, 0) is 0 Å². The fraction of sp³-hybridized carbons (Fsp3) is 0.167. The summed E-state index contributed by atoms with van der Waals surface area (Å²) in [5, 5.41) is 9.36. The normalized spacial score (nSPS) is 10.3. The Labute approximate surface area is 88.5 Å². The van der Waals surface area contributed by atoms with Crippen LogP contribution < -0.4 is 0 Å². The lowest BCUT2D eigenvalue weighted by Gasteiger charge is -2.03. The third-order valence-corrected chi connectivity index (χ3v) is 2.26. The van der Waals surface area contributed by atoms with Gasteiger partial charge in [-0.1, -0.05) is 0 Å². The van der Waals surface area contributed by atoms with Gasteiger partial charge in [-0.05, 0) is 43.2 Å². The van der Waals surface area contributed by atoms with Gasteiger partial charge in [0, 0.05) is 6.20 Å². The number of aryl methyl sites for hydroxylation is 2. The third-order valence-electron chi connectivity index (χ3n) is 2.26. The van der Waals surface area contributed by atoms with Crippen LogP contribution in [0.2, 0.25) is 0 Å². The number of nitrogens with zero attached hydrogens (tertiary/aromatic N) is 2. The van der Waals surface area contributed by atoms with Gasteiger partial charge in [-0.15, -0.1) is 0 Å². The minimum Gasteiger partial charge on any atom is -0.506 e. The van der Waals surface area contributed by atoms with Crippen molar-refractivity contribution in [2.24, 2.45) is 0 Å². The lowest BCUT2D eigenvalue weighted by Crippen LogP contribution is -1.89. The molecule has 3 heteroatoms. The first kappa shape index (κ1) is 9.65. The van der Waals surface area contributed by atoms with Gasteiger partial charge in [0.25, 0.3) is 0 Å². The van der Waals surface area contributed by atoms with E-state index < -0.39 is 0 Å². The third kappa shape index (κ3) is 1.96. The summed E-state index contributed by atoms with van der Waals surface area (Å²) in [5.74, 6) is 0.214. The molecule has 2 aromatic rings. The van der Waals surface area contributed by atoms with Gasteiger partial charge in [0.15, 0.2) is 0 Å². The highest BCUT2D eigenvalue weighted by Gasteiger charge is 2.03. The van der Waals surface area contributed by atoms with E-state index in [2.05, 4.69) is 9.97 Å². The standard InChI is InChI=1S/C12H12N2O/c1-8-3-4-13-10(5-8)11-6-9(2)12(15)7-14-11/h3-7,15H,1-2H3. The lowest BCUT2D eigenvalue weighted by atomic mass is 10.1. The Bertz CT molecular complexity index is 495. The average Bonchev–Trinajstić information content (AvgIpc) is 2.22. The van der Waals surface area contributed by atoms with Gasteiger partial charge in [-0.3, -0.25) is 9.97 Å². The van der Waals surface area contributed by atoms with E-state index in [0.717, 1.165) is 22.5 Å². The van der Waals surface area contributed by atoms with Gasteiger partial charge in [0.05, 0.1) is 17.6 Å².